The van der Waals surface area contributed by atoms with Crippen molar-refractivity contribution in [2.24, 2.45) is 0 Å². The number of hydrogen-bond acceptors (Lipinski definition) is 7. The number of likely N-dealkylation sites (N-methyl/N-ethyl adjacent to an activating group) is 1. The van der Waals surface area contributed by atoms with Crippen LogP contribution in [0, 0.1) is 0 Å². The fourth-order valence-corrected chi connectivity index (χ4v) is 7.90. The lowest BCUT2D eigenvalue weighted by atomic mass is 10.0. The summed E-state index contributed by atoms with van der Waals surface area (Å²) >= 11 is 1.39. The average molecular weight is 520 g/mol. The van der Waals surface area contributed by atoms with Crippen molar-refractivity contribution < 1.29 is 22.7 Å². The van der Waals surface area contributed by atoms with E-state index in [2.05, 4.69) is 10.2 Å². The highest BCUT2D eigenvalue weighted by atomic mass is 32.2. The van der Waals surface area contributed by atoms with Crippen molar-refractivity contribution in [1.82, 2.24) is 9.21 Å². The summed E-state index contributed by atoms with van der Waals surface area (Å²) in [6, 6.07) is 6.05. The van der Waals surface area contributed by atoms with E-state index < -0.39 is 21.9 Å². The number of ether oxygens (including phenoxy) is 1. The molecule has 0 radical (unpaired) electrons. The summed E-state index contributed by atoms with van der Waals surface area (Å²) in [6.07, 6.45) is 4.27. The molecular weight excluding hydrogens is 486 g/mol. The van der Waals surface area contributed by atoms with Crippen LogP contribution in [-0.2, 0) is 27.7 Å². The van der Waals surface area contributed by atoms with E-state index in [9.17, 15) is 18.0 Å². The fraction of sp³-hybridized carbons (Fsp3) is 0.520. The molecule has 1 N–H and O–H groups in total. The highest BCUT2D eigenvalue weighted by Gasteiger charge is 2.33. The molecule has 10 heteroatoms. The van der Waals surface area contributed by atoms with Crippen LogP contribution in [0.15, 0.2) is 29.2 Å². The number of carbonyl (C=O) groups is 2. The largest absolute Gasteiger partial charge is 0.462 e. The number of piperidine rings is 1. The van der Waals surface area contributed by atoms with Crippen molar-refractivity contribution in [2.75, 3.05) is 32.1 Å². The van der Waals surface area contributed by atoms with Gasteiger partial charge in [-0.05, 0) is 69.5 Å². The van der Waals surface area contributed by atoms with Gasteiger partial charge in [-0.15, -0.1) is 11.3 Å². The van der Waals surface area contributed by atoms with E-state index >= 15 is 0 Å². The molecule has 2 aliphatic heterocycles. The normalized spacial score (nSPS) is 19.2. The quantitative estimate of drug-likeness (QED) is 0.553. The van der Waals surface area contributed by atoms with Gasteiger partial charge in [0.1, 0.15) is 5.00 Å². The number of esters is 1. The molecule has 3 heterocycles. The van der Waals surface area contributed by atoms with Gasteiger partial charge in [0.05, 0.1) is 17.1 Å². The molecule has 0 aliphatic carbocycles. The summed E-state index contributed by atoms with van der Waals surface area (Å²) < 4.78 is 33.3. The highest BCUT2D eigenvalue weighted by Crippen LogP contribution is 2.37. The van der Waals surface area contributed by atoms with Gasteiger partial charge < -0.3 is 15.0 Å². The summed E-state index contributed by atoms with van der Waals surface area (Å²) in [5.74, 6) is -0.825. The number of rotatable bonds is 7. The van der Waals surface area contributed by atoms with Crippen molar-refractivity contribution >= 4 is 38.2 Å². The van der Waals surface area contributed by atoms with Crippen LogP contribution in [0.25, 0.3) is 0 Å². The Bertz CT molecular complexity index is 1190. The molecular formula is C25H33N3O5S2. The van der Waals surface area contributed by atoms with Gasteiger partial charge in [0.15, 0.2) is 0 Å². The van der Waals surface area contributed by atoms with Gasteiger partial charge in [-0.25, -0.2) is 13.2 Å². The Morgan fingerprint density at radius 3 is 2.57 bits per heavy atom. The van der Waals surface area contributed by atoms with Gasteiger partial charge in [0.25, 0.3) is 5.91 Å². The van der Waals surface area contributed by atoms with E-state index in [1.54, 1.807) is 11.2 Å². The van der Waals surface area contributed by atoms with Crippen LogP contribution in [0.1, 0.15) is 70.7 Å². The third-order valence-corrected chi connectivity index (χ3v) is 9.82. The van der Waals surface area contributed by atoms with Crippen molar-refractivity contribution in [1.29, 1.82) is 0 Å². The van der Waals surface area contributed by atoms with Crippen molar-refractivity contribution in [3.8, 4) is 0 Å². The predicted molar refractivity (Wildman–Crippen MR) is 137 cm³/mol. The zero-order valence-corrected chi connectivity index (χ0v) is 22.1. The monoisotopic (exact) mass is 519 g/mol. The molecule has 8 nitrogen and oxygen atoms in total. The minimum atomic E-state index is -3.62. The van der Waals surface area contributed by atoms with E-state index in [-0.39, 0.29) is 17.5 Å². The Labute approximate surface area is 211 Å². The number of hydrogen-bond donors (Lipinski definition) is 1. The summed E-state index contributed by atoms with van der Waals surface area (Å²) in [5, 5.41) is 3.35. The fourth-order valence-electron chi connectivity index (χ4n) is 4.83. The molecule has 1 unspecified atom stereocenters. The van der Waals surface area contributed by atoms with E-state index in [4.69, 9.17) is 4.74 Å². The summed E-state index contributed by atoms with van der Waals surface area (Å²) in [7, 11) is -1.60. The highest BCUT2D eigenvalue weighted by molar-refractivity contribution is 7.89. The van der Waals surface area contributed by atoms with E-state index in [1.165, 1.54) is 35.6 Å². The lowest BCUT2D eigenvalue weighted by Gasteiger charge is -2.34. The van der Waals surface area contributed by atoms with Crippen LogP contribution in [0.5, 0.6) is 0 Å². The molecule has 4 rings (SSSR count). The topological polar surface area (TPSA) is 96.0 Å². The van der Waals surface area contributed by atoms with Gasteiger partial charge >= 0.3 is 5.97 Å². The van der Waals surface area contributed by atoms with Crippen LogP contribution in [0.3, 0.4) is 0 Å². The summed E-state index contributed by atoms with van der Waals surface area (Å²) in [6.45, 7) is 6.09. The predicted octanol–water partition coefficient (Wildman–Crippen LogP) is 4.12. The number of anilines is 1. The van der Waals surface area contributed by atoms with Crippen molar-refractivity contribution in [2.45, 2.75) is 63.4 Å². The number of amides is 1. The molecule has 0 spiro atoms. The molecule has 0 bridgehead atoms. The van der Waals surface area contributed by atoms with E-state index in [0.29, 0.717) is 35.6 Å². The van der Waals surface area contributed by atoms with Gasteiger partial charge in [0, 0.05) is 36.1 Å². The minimum Gasteiger partial charge on any atom is -0.462 e. The van der Waals surface area contributed by atoms with Crippen LogP contribution < -0.4 is 5.32 Å². The Kier molecular flexibility index (Phi) is 7.95. The minimum absolute atomic E-state index is 0.0157. The Hall–Kier alpha value is -2.27. The SMILES string of the molecule is CCOC(=O)c1c(NC(=O)c2ccc(S(=O)(=O)N3CCCCC3CC)cc2)sc2c1CCN(C)C2. The Morgan fingerprint density at radius 1 is 1.14 bits per heavy atom. The van der Waals surface area contributed by atoms with Crippen molar-refractivity contribution in [3.63, 3.8) is 0 Å². The average Bonchev–Trinajstić information content (AvgIpc) is 3.20. The Balaban J connectivity index is 1.56. The van der Waals surface area contributed by atoms with Gasteiger partial charge in [-0.2, -0.15) is 4.31 Å². The zero-order chi connectivity index (χ0) is 25.2. The van der Waals surface area contributed by atoms with Gasteiger partial charge in [-0.1, -0.05) is 13.3 Å². The van der Waals surface area contributed by atoms with Crippen molar-refractivity contribution in [3.05, 3.63) is 45.8 Å². The molecule has 1 saturated heterocycles. The Morgan fingerprint density at radius 2 is 1.89 bits per heavy atom. The maximum Gasteiger partial charge on any atom is 0.341 e. The number of fused-ring (bicyclic) bond motifs is 1. The molecule has 1 fully saturated rings. The first-order valence-corrected chi connectivity index (χ1v) is 14.4. The lowest BCUT2D eigenvalue weighted by molar-refractivity contribution is 0.0526. The second-order valence-corrected chi connectivity index (χ2v) is 12.1. The second kappa shape index (κ2) is 10.8. The number of thiophene rings is 1. The zero-order valence-electron chi connectivity index (χ0n) is 20.5. The van der Waals surface area contributed by atoms with Crippen LogP contribution >= 0.6 is 11.3 Å². The standard InChI is InChI=1S/C25H33N3O5S2/c1-4-18-8-6-7-14-28(18)35(31,32)19-11-9-17(10-12-19)23(29)26-24-22(25(30)33-5-2)20-13-15-27(3)16-21(20)34-24/h9-12,18H,4-8,13-16H2,1-3H3,(H,26,29). The molecule has 1 aromatic carbocycles. The molecule has 1 aromatic heterocycles. The molecule has 35 heavy (non-hydrogen) atoms. The first kappa shape index (κ1) is 25.8. The molecule has 0 saturated carbocycles. The lowest BCUT2D eigenvalue weighted by Crippen LogP contribution is -2.43. The molecule has 190 valence electrons. The smallest absolute Gasteiger partial charge is 0.341 e. The third-order valence-electron chi connectivity index (χ3n) is 6.72. The molecule has 1 amide bonds. The van der Waals surface area contributed by atoms with Gasteiger partial charge in [-0.3, -0.25) is 4.79 Å². The number of sulfonamides is 1. The van der Waals surface area contributed by atoms with Crippen LogP contribution in [0.4, 0.5) is 5.00 Å². The maximum atomic E-state index is 13.2. The molecule has 2 aromatic rings. The second-order valence-electron chi connectivity index (χ2n) is 9.07. The first-order chi connectivity index (χ1) is 16.8. The van der Waals surface area contributed by atoms with E-state index in [0.717, 1.165) is 42.7 Å². The molecule has 1 atom stereocenters. The third kappa shape index (κ3) is 5.30. The number of nitrogens with zero attached hydrogens (tertiary/aromatic N) is 2. The molecule has 2 aliphatic rings. The van der Waals surface area contributed by atoms with Crippen LogP contribution in [0.2, 0.25) is 0 Å². The van der Waals surface area contributed by atoms with Gasteiger partial charge in [0.2, 0.25) is 10.0 Å². The summed E-state index contributed by atoms with van der Waals surface area (Å²) in [5.41, 5.74) is 1.70. The van der Waals surface area contributed by atoms with E-state index in [1.807, 2.05) is 14.0 Å². The number of carbonyl (C=O) groups excluding carboxylic acids is 2. The number of benzene rings is 1. The van der Waals surface area contributed by atoms with Crippen LogP contribution in [-0.4, -0.2) is 62.3 Å². The summed E-state index contributed by atoms with van der Waals surface area (Å²) in [4.78, 5) is 29.2. The number of nitrogens with one attached hydrogen (secondary N) is 1. The maximum absolute atomic E-state index is 13.2. The first-order valence-electron chi connectivity index (χ1n) is 12.2.